The van der Waals surface area contributed by atoms with E-state index >= 15 is 0 Å². The predicted octanol–water partition coefficient (Wildman–Crippen LogP) is 1.78. The normalized spacial score (nSPS) is 17.7. The van der Waals surface area contributed by atoms with Crippen LogP contribution in [0, 0.1) is 0 Å². The molecule has 4 nitrogen and oxygen atoms in total. The summed E-state index contributed by atoms with van der Waals surface area (Å²) in [5, 5.41) is 0. The molecule has 0 saturated carbocycles. The highest BCUT2D eigenvalue weighted by Gasteiger charge is 2.33. The lowest BCUT2D eigenvalue weighted by atomic mass is 9.90. The van der Waals surface area contributed by atoms with Gasteiger partial charge in [-0.15, -0.1) is 0 Å². The minimum absolute atomic E-state index is 0.0473. The number of nitrogens with two attached hydrogens (primary N) is 1. The van der Waals surface area contributed by atoms with Gasteiger partial charge in [0.15, 0.2) is 5.78 Å². The maximum atomic E-state index is 11.9. The van der Waals surface area contributed by atoms with E-state index in [0.717, 1.165) is 41.0 Å². The zero-order chi connectivity index (χ0) is 12.9. The van der Waals surface area contributed by atoms with Crippen molar-refractivity contribution in [3.8, 4) is 11.5 Å². The molecule has 0 bridgehead atoms. The highest BCUT2D eigenvalue weighted by molar-refractivity contribution is 6.00. The second-order valence-corrected chi connectivity index (χ2v) is 4.95. The molecule has 18 heavy (non-hydrogen) atoms. The van der Waals surface area contributed by atoms with Crippen LogP contribution in [0.5, 0.6) is 11.5 Å². The van der Waals surface area contributed by atoms with Crippen molar-refractivity contribution >= 4 is 5.78 Å². The lowest BCUT2D eigenvalue weighted by Crippen LogP contribution is -2.11. The van der Waals surface area contributed by atoms with Gasteiger partial charge in [-0.05, 0) is 13.8 Å². The molecular formula is C14H17NO3. The molecule has 2 heterocycles. The van der Waals surface area contributed by atoms with E-state index in [4.69, 9.17) is 15.2 Å². The van der Waals surface area contributed by atoms with Gasteiger partial charge in [0.05, 0.1) is 18.8 Å². The van der Waals surface area contributed by atoms with Crippen LogP contribution in [0.2, 0.25) is 0 Å². The minimum atomic E-state index is -0.103. The Bertz CT molecular complexity index is 499. The number of benzene rings is 1. The van der Waals surface area contributed by atoms with Crippen molar-refractivity contribution in [2.45, 2.75) is 32.7 Å². The topological polar surface area (TPSA) is 61.6 Å². The average molecular weight is 247 g/mol. The molecule has 1 aromatic rings. The Morgan fingerprint density at radius 2 is 1.78 bits per heavy atom. The van der Waals surface area contributed by atoms with Crippen molar-refractivity contribution in [2.75, 3.05) is 13.2 Å². The highest BCUT2D eigenvalue weighted by Crippen LogP contribution is 2.46. The first-order valence-corrected chi connectivity index (χ1v) is 6.35. The summed E-state index contributed by atoms with van der Waals surface area (Å²) < 4.78 is 11.4. The van der Waals surface area contributed by atoms with Gasteiger partial charge in [0, 0.05) is 35.6 Å². The second kappa shape index (κ2) is 3.99. The monoisotopic (exact) mass is 247 g/mol. The summed E-state index contributed by atoms with van der Waals surface area (Å²) in [7, 11) is 0. The van der Waals surface area contributed by atoms with Gasteiger partial charge in [-0.1, -0.05) is 0 Å². The third-order valence-corrected chi connectivity index (χ3v) is 3.65. The van der Waals surface area contributed by atoms with Crippen LogP contribution in [-0.2, 0) is 12.8 Å². The number of carbonyl (C=O) groups is 1. The molecule has 0 aromatic heterocycles. The molecule has 0 fully saturated rings. The Hall–Kier alpha value is -1.55. The largest absolute Gasteiger partial charge is 0.493 e. The number of hydrogen-bond acceptors (Lipinski definition) is 4. The summed E-state index contributed by atoms with van der Waals surface area (Å²) in [5.41, 5.74) is 9.85. The second-order valence-electron chi connectivity index (χ2n) is 4.95. The van der Waals surface area contributed by atoms with Gasteiger partial charge in [0.2, 0.25) is 0 Å². The molecule has 0 radical (unpaired) electrons. The first-order chi connectivity index (χ1) is 8.61. The molecule has 0 aliphatic carbocycles. The van der Waals surface area contributed by atoms with Crippen molar-refractivity contribution < 1.29 is 14.3 Å². The number of ether oxygens (including phenoxy) is 2. The number of fused-ring (bicyclic) bond motifs is 2. The van der Waals surface area contributed by atoms with Gasteiger partial charge in [-0.2, -0.15) is 0 Å². The fourth-order valence-electron chi connectivity index (χ4n) is 3.00. The van der Waals surface area contributed by atoms with Gasteiger partial charge in [-0.3, -0.25) is 4.79 Å². The third kappa shape index (κ3) is 1.45. The fourth-order valence-corrected chi connectivity index (χ4v) is 3.00. The van der Waals surface area contributed by atoms with Gasteiger partial charge in [0.1, 0.15) is 11.5 Å². The van der Waals surface area contributed by atoms with Gasteiger partial charge >= 0.3 is 0 Å². The molecule has 3 rings (SSSR count). The van der Waals surface area contributed by atoms with E-state index in [9.17, 15) is 4.79 Å². The van der Waals surface area contributed by atoms with Crippen molar-refractivity contribution in [1.29, 1.82) is 0 Å². The zero-order valence-electron chi connectivity index (χ0n) is 10.7. The quantitative estimate of drug-likeness (QED) is 0.809. The van der Waals surface area contributed by atoms with E-state index in [1.165, 1.54) is 0 Å². The summed E-state index contributed by atoms with van der Waals surface area (Å²) >= 11 is 0. The molecule has 1 atom stereocenters. The first kappa shape index (κ1) is 11.5. The van der Waals surface area contributed by atoms with E-state index in [1.807, 2.05) is 6.92 Å². The van der Waals surface area contributed by atoms with Crippen LogP contribution in [-0.4, -0.2) is 19.0 Å². The van der Waals surface area contributed by atoms with Gasteiger partial charge < -0.3 is 15.2 Å². The van der Waals surface area contributed by atoms with E-state index in [2.05, 4.69) is 0 Å². The van der Waals surface area contributed by atoms with Gasteiger partial charge in [-0.25, -0.2) is 0 Å². The summed E-state index contributed by atoms with van der Waals surface area (Å²) in [5.74, 6) is 1.63. The van der Waals surface area contributed by atoms with Crippen molar-refractivity contribution in [3.05, 3.63) is 22.3 Å². The fraction of sp³-hybridized carbons (Fsp3) is 0.500. The number of rotatable bonds is 2. The Kier molecular flexibility index (Phi) is 2.55. The standard InChI is InChI=1S/C14H17NO3/c1-7(15)11-9-3-5-18-14(9)12(8(2)16)10-4-6-17-13(10)11/h7H,3-6,15H2,1-2H3. The summed E-state index contributed by atoms with van der Waals surface area (Å²) in [6.45, 7) is 4.78. The lowest BCUT2D eigenvalue weighted by molar-refractivity contribution is 0.101. The van der Waals surface area contributed by atoms with Crippen LogP contribution < -0.4 is 15.2 Å². The molecule has 2 aliphatic heterocycles. The van der Waals surface area contributed by atoms with Gasteiger partial charge in [0.25, 0.3) is 0 Å². The molecular weight excluding hydrogens is 230 g/mol. The lowest BCUT2D eigenvalue weighted by Gasteiger charge is -2.18. The van der Waals surface area contributed by atoms with Crippen LogP contribution in [0.3, 0.4) is 0 Å². The van der Waals surface area contributed by atoms with Crippen LogP contribution in [0.4, 0.5) is 0 Å². The molecule has 0 saturated heterocycles. The Morgan fingerprint density at radius 1 is 1.17 bits per heavy atom. The number of hydrogen-bond donors (Lipinski definition) is 1. The number of ketones is 1. The summed E-state index contributed by atoms with van der Waals surface area (Å²) in [4.78, 5) is 11.9. The van der Waals surface area contributed by atoms with E-state index in [-0.39, 0.29) is 11.8 Å². The molecule has 1 aromatic carbocycles. The third-order valence-electron chi connectivity index (χ3n) is 3.65. The maximum absolute atomic E-state index is 11.9. The van der Waals surface area contributed by atoms with Crippen LogP contribution in [0.25, 0.3) is 0 Å². The van der Waals surface area contributed by atoms with Crippen LogP contribution >= 0.6 is 0 Å². The number of Topliss-reactive ketones (excluding diaryl/α,β-unsaturated/α-hetero) is 1. The van der Waals surface area contributed by atoms with E-state index < -0.39 is 0 Å². The Morgan fingerprint density at radius 3 is 2.39 bits per heavy atom. The van der Waals surface area contributed by atoms with Crippen LogP contribution in [0.15, 0.2) is 0 Å². The molecule has 0 spiro atoms. The highest BCUT2D eigenvalue weighted by atomic mass is 16.5. The van der Waals surface area contributed by atoms with Crippen molar-refractivity contribution in [1.82, 2.24) is 0 Å². The summed E-state index contributed by atoms with van der Waals surface area (Å²) in [6, 6.07) is -0.103. The van der Waals surface area contributed by atoms with E-state index in [0.29, 0.717) is 18.8 Å². The average Bonchev–Trinajstić information content (AvgIpc) is 2.91. The molecule has 2 aliphatic rings. The first-order valence-electron chi connectivity index (χ1n) is 6.35. The molecule has 4 heteroatoms. The molecule has 1 unspecified atom stereocenters. The number of carbonyl (C=O) groups excluding carboxylic acids is 1. The van der Waals surface area contributed by atoms with Crippen molar-refractivity contribution in [2.24, 2.45) is 5.73 Å². The predicted molar refractivity (Wildman–Crippen MR) is 67.4 cm³/mol. The Labute approximate surface area is 106 Å². The van der Waals surface area contributed by atoms with Crippen molar-refractivity contribution in [3.63, 3.8) is 0 Å². The Balaban J connectivity index is 2.35. The van der Waals surface area contributed by atoms with Crippen LogP contribution in [0.1, 0.15) is 46.9 Å². The van der Waals surface area contributed by atoms with E-state index in [1.54, 1.807) is 6.92 Å². The molecule has 96 valence electrons. The zero-order valence-corrected chi connectivity index (χ0v) is 10.7. The summed E-state index contributed by atoms with van der Waals surface area (Å²) in [6.07, 6.45) is 1.57. The molecule has 0 amide bonds. The molecule has 2 N–H and O–H groups in total. The minimum Gasteiger partial charge on any atom is -0.493 e. The SMILES string of the molecule is CC(=O)c1c2c(c(C(C)N)c3c1OCC3)OCC2. The smallest absolute Gasteiger partial charge is 0.163 e. The maximum Gasteiger partial charge on any atom is 0.163 e.